The number of nitrogens with one attached hydrogen (secondary N) is 4. The molecule has 7 nitrogen and oxygen atoms in total. The molecule has 3 aromatic rings. The van der Waals surface area contributed by atoms with Crippen LogP contribution in [-0.2, 0) is 0 Å². The SMILES string of the molecule is Cc1cc(Nc2cnc(NC(=O)N[C@H]3CCC[C@H]3c3ccc(F)cc3)cc2C=N)ccn1.[HH].[HH]. The lowest BCUT2D eigenvalue weighted by Gasteiger charge is -2.21. The van der Waals surface area contributed by atoms with Crippen LogP contribution in [0.4, 0.5) is 26.4 Å². The van der Waals surface area contributed by atoms with Crippen LogP contribution in [-0.4, -0.2) is 28.3 Å². The molecule has 0 radical (unpaired) electrons. The fourth-order valence-electron chi connectivity index (χ4n) is 4.10. The number of pyridine rings is 2. The van der Waals surface area contributed by atoms with E-state index in [0.29, 0.717) is 17.1 Å². The maximum atomic E-state index is 13.2. The third-order valence-electron chi connectivity index (χ3n) is 5.64. The van der Waals surface area contributed by atoms with Crippen molar-refractivity contribution in [3.63, 3.8) is 0 Å². The number of carbonyl (C=O) groups is 1. The van der Waals surface area contributed by atoms with Crippen LogP contribution < -0.4 is 16.0 Å². The molecule has 0 saturated heterocycles. The summed E-state index contributed by atoms with van der Waals surface area (Å²) in [5.74, 6) is 0.245. The number of halogens is 1. The van der Waals surface area contributed by atoms with Crippen LogP contribution in [0.1, 0.15) is 44.9 Å². The molecule has 4 N–H and O–H groups in total. The minimum atomic E-state index is -0.349. The summed E-state index contributed by atoms with van der Waals surface area (Å²) in [6.45, 7) is 1.90. The molecule has 8 heteroatoms. The van der Waals surface area contributed by atoms with Crippen LogP contribution in [0.15, 0.2) is 54.9 Å². The first kappa shape index (κ1) is 21.4. The summed E-state index contributed by atoms with van der Waals surface area (Å²) in [6, 6.07) is 11.5. The summed E-state index contributed by atoms with van der Waals surface area (Å²) < 4.78 is 13.2. The summed E-state index contributed by atoms with van der Waals surface area (Å²) in [6.07, 6.45) is 7.31. The van der Waals surface area contributed by atoms with Crippen molar-refractivity contribution < 1.29 is 12.0 Å². The number of nitrogens with zero attached hydrogens (tertiary/aromatic N) is 2. The minimum absolute atomic E-state index is 0. The van der Waals surface area contributed by atoms with Gasteiger partial charge in [0.15, 0.2) is 0 Å². The van der Waals surface area contributed by atoms with Crippen LogP contribution in [0.5, 0.6) is 0 Å². The molecule has 2 amide bonds. The quantitative estimate of drug-likeness (QED) is 0.377. The summed E-state index contributed by atoms with van der Waals surface area (Å²) in [7, 11) is 0. The van der Waals surface area contributed by atoms with E-state index in [9.17, 15) is 9.18 Å². The Bertz CT molecular complexity index is 1130. The number of rotatable bonds is 6. The highest BCUT2D eigenvalue weighted by Gasteiger charge is 2.30. The van der Waals surface area contributed by atoms with E-state index in [4.69, 9.17) is 5.41 Å². The maximum absolute atomic E-state index is 13.2. The second-order valence-electron chi connectivity index (χ2n) is 7.91. The van der Waals surface area contributed by atoms with E-state index in [-0.39, 0.29) is 26.7 Å². The monoisotopic (exact) mass is 436 g/mol. The van der Waals surface area contributed by atoms with Gasteiger partial charge in [0.05, 0.1) is 11.9 Å². The largest absolute Gasteiger partial charge is 0.354 e. The van der Waals surface area contributed by atoms with Gasteiger partial charge in [0.1, 0.15) is 11.6 Å². The lowest BCUT2D eigenvalue weighted by Crippen LogP contribution is -2.39. The molecule has 0 unspecified atom stereocenters. The van der Waals surface area contributed by atoms with E-state index in [2.05, 4.69) is 25.9 Å². The molecule has 2 aromatic heterocycles. The van der Waals surface area contributed by atoms with Crippen molar-refractivity contribution in [3.8, 4) is 0 Å². The Morgan fingerprint density at radius 1 is 1.19 bits per heavy atom. The van der Waals surface area contributed by atoms with E-state index >= 15 is 0 Å². The Kier molecular flexibility index (Phi) is 6.39. The molecule has 2 atom stereocenters. The predicted octanol–water partition coefficient (Wildman–Crippen LogP) is 5.62. The summed E-state index contributed by atoms with van der Waals surface area (Å²) in [5.41, 5.74) is 3.99. The summed E-state index contributed by atoms with van der Waals surface area (Å²) >= 11 is 0. The van der Waals surface area contributed by atoms with E-state index in [1.54, 1.807) is 30.6 Å². The zero-order chi connectivity index (χ0) is 22.5. The molecule has 32 heavy (non-hydrogen) atoms. The molecule has 0 aliphatic heterocycles. The van der Waals surface area contributed by atoms with Gasteiger partial charge in [-0.3, -0.25) is 10.3 Å². The smallest absolute Gasteiger partial charge is 0.320 e. The number of aromatic nitrogens is 2. The van der Waals surface area contributed by atoms with Gasteiger partial charge < -0.3 is 16.0 Å². The molecule has 0 spiro atoms. The molecule has 1 aliphatic carbocycles. The second kappa shape index (κ2) is 9.55. The number of hydrogen-bond donors (Lipinski definition) is 4. The average Bonchev–Trinajstić information content (AvgIpc) is 3.23. The van der Waals surface area contributed by atoms with Crippen molar-refractivity contribution in [2.45, 2.75) is 38.1 Å². The fraction of sp³-hybridized carbons (Fsp3) is 0.250. The van der Waals surface area contributed by atoms with Gasteiger partial charge in [-0.1, -0.05) is 18.6 Å². The number of urea groups is 1. The topological polar surface area (TPSA) is 103 Å². The van der Waals surface area contributed by atoms with Crippen molar-refractivity contribution in [3.05, 3.63) is 77.5 Å². The lowest BCUT2D eigenvalue weighted by molar-refractivity contribution is 0.247. The highest BCUT2D eigenvalue weighted by molar-refractivity contribution is 5.92. The number of carbonyl (C=O) groups excluding carboxylic acids is 1. The zero-order valence-corrected chi connectivity index (χ0v) is 17.7. The minimum Gasteiger partial charge on any atom is -0.354 e. The Morgan fingerprint density at radius 2 is 2.00 bits per heavy atom. The predicted molar refractivity (Wildman–Crippen MR) is 128 cm³/mol. The molecule has 1 aliphatic rings. The van der Waals surface area contributed by atoms with Crippen LogP contribution in [0.3, 0.4) is 0 Å². The Balaban J connectivity index is 0.00000204. The first-order valence-corrected chi connectivity index (χ1v) is 10.5. The third kappa shape index (κ3) is 5.08. The highest BCUT2D eigenvalue weighted by Crippen LogP contribution is 2.34. The van der Waals surface area contributed by atoms with E-state index < -0.39 is 0 Å². The molecule has 1 saturated carbocycles. The van der Waals surface area contributed by atoms with Crippen molar-refractivity contribution in [1.82, 2.24) is 15.3 Å². The number of hydrogen-bond acceptors (Lipinski definition) is 5. The van der Waals surface area contributed by atoms with Gasteiger partial charge in [-0.05, 0) is 55.7 Å². The second-order valence-corrected chi connectivity index (χ2v) is 7.91. The van der Waals surface area contributed by atoms with Crippen LogP contribution in [0.25, 0.3) is 0 Å². The average molecular weight is 437 g/mol. The highest BCUT2D eigenvalue weighted by atomic mass is 19.1. The van der Waals surface area contributed by atoms with Gasteiger partial charge in [-0.25, -0.2) is 14.2 Å². The zero-order valence-electron chi connectivity index (χ0n) is 17.7. The van der Waals surface area contributed by atoms with Crippen LogP contribution in [0, 0.1) is 18.2 Å². The molecule has 168 valence electrons. The van der Waals surface area contributed by atoms with Crippen molar-refractivity contribution in [2.24, 2.45) is 0 Å². The Labute approximate surface area is 189 Å². The molecule has 2 heterocycles. The van der Waals surface area contributed by atoms with E-state index in [1.165, 1.54) is 18.3 Å². The first-order valence-electron chi connectivity index (χ1n) is 10.5. The fourth-order valence-corrected chi connectivity index (χ4v) is 4.10. The van der Waals surface area contributed by atoms with Gasteiger partial charge in [0.25, 0.3) is 0 Å². The molecule has 1 fully saturated rings. The van der Waals surface area contributed by atoms with Gasteiger partial charge in [0, 0.05) is 44.2 Å². The number of anilines is 3. The van der Waals surface area contributed by atoms with Gasteiger partial charge in [-0.15, -0.1) is 0 Å². The van der Waals surface area contributed by atoms with Crippen LogP contribution >= 0.6 is 0 Å². The standard InChI is InChI=1S/C24H25FN6O.2H2/c1-15-11-19(9-10-27-15)29-22-14-28-23(12-17(22)13-26)31-24(32)30-21-4-2-3-20(21)16-5-7-18(25)8-6-16;;/h5-14,20-21,26H,2-4H2,1H3,(H,27,29)(H2,28,30,31,32);2*1H/t20-,21-;;/m0../s1. The van der Waals surface area contributed by atoms with Gasteiger partial charge >= 0.3 is 6.03 Å². The summed E-state index contributed by atoms with van der Waals surface area (Å²) in [4.78, 5) is 21.1. The van der Waals surface area contributed by atoms with E-state index in [1.807, 2.05) is 19.1 Å². The van der Waals surface area contributed by atoms with Crippen LogP contribution in [0.2, 0.25) is 0 Å². The molecular weight excluding hydrogens is 407 g/mol. The normalized spacial score (nSPS) is 17.6. The summed E-state index contributed by atoms with van der Waals surface area (Å²) in [5, 5.41) is 16.7. The third-order valence-corrected chi connectivity index (χ3v) is 5.64. The lowest BCUT2D eigenvalue weighted by atomic mass is 9.94. The van der Waals surface area contributed by atoms with Crippen molar-refractivity contribution >= 4 is 29.4 Å². The first-order chi connectivity index (χ1) is 15.5. The maximum Gasteiger partial charge on any atom is 0.320 e. The molecular formula is C24H29FN6O. The number of benzene rings is 1. The number of amides is 2. The van der Waals surface area contributed by atoms with E-state index in [0.717, 1.165) is 36.2 Å². The Hall–Kier alpha value is -3.81. The molecule has 4 rings (SSSR count). The van der Waals surface area contributed by atoms with Gasteiger partial charge in [-0.2, -0.15) is 0 Å². The molecule has 0 bridgehead atoms. The Morgan fingerprint density at radius 3 is 2.75 bits per heavy atom. The van der Waals surface area contributed by atoms with Crippen molar-refractivity contribution in [1.29, 1.82) is 5.41 Å². The number of aryl methyl sites for hydroxylation is 1. The van der Waals surface area contributed by atoms with Gasteiger partial charge in [0.2, 0.25) is 0 Å². The van der Waals surface area contributed by atoms with Crippen molar-refractivity contribution in [2.75, 3.05) is 10.6 Å². The molecule has 1 aromatic carbocycles.